The fourth-order valence-corrected chi connectivity index (χ4v) is 7.42. The lowest BCUT2D eigenvalue weighted by Crippen LogP contribution is -2.35. The maximum Gasteiger partial charge on any atom is 0.284 e. The van der Waals surface area contributed by atoms with E-state index in [1.165, 1.54) is 33.6 Å². The molecule has 1 fully saturated rings. The lowest BCUT2D eigenvalue weighted by molar-refractivity contribution is -0.387. The zero-order valence-electron chi connectivity index (χ0n) is 24.2. The molecule has 2 amide bonds. The summed E-state index contributed by atoms with van der Waals surface area (Å²) in [4.78, 5) is 49.2. The van der Waals surface area contributed by atoms with Crippen LogP contribution in [0.15, 0.2) is 132 Å². The molecule has 4 aromatic carbocycles. The average Bonchev–Trinajstić information content (AvgIpc) is 3.47. The maximum absolute atomic E-state index is 12.5. The van der Waals surface area contributed by atoms with Gasteiger partial charge in [-0.3, -0.25) is 35.0 Å². The first-order chi connectivity index (χ1) is 22.6. The number of rotatable bonds is 9. The van der Waals surface area contributed by atoms with Crippen LogP contribution in [0.3, 0.4) is 0 Å². The molecule has 0 spiro atoms. The highest BCUT2D eigenvalue weighted by Gasteiger charge is 2.41. The monoisotopic (exact) mass is 797 g/mol. The van der Waals surface area contributed by atoms with Gasteiger partial charge in [-0.1, -0.05) is 112 Å². The zero-order valence-corrected chi connectivity index (χ0v) is 29.0. The van der Waals surface area contributed by atoms with Crippen LogP contribution in [0.1, 0.15) is 11.1 Å². The highest BCUT2D eigenvalue weighted by molar-refractivity contribution is 9.10. The summed E-state index contributed by atoms with van der Waals surface area (Å²) in [5.74, 6) is -1.02. The van der Waals surface area contributed by atoms with Crippen LogP contribution < -0.4 is 11.0 Å². The molecular weight excluding hydrogens is 774 g/mol. The Morgan fingerprint density at radius 1 is 0.830 bits per heavy atom. The molecule has 0 radical (unpaired) electrons. The molecule has 1 aromatic heterocycles. The van der Waals surface area contributed by atoms with Crippen LogP contribution >= 0.6 is 55.4 Å². The Morgan fingerprint density at radius 2 is 1.45 bits per heavy atom. The van der Waals surface area contributed by atoms with Crippen molar-refractivity contribution in [2.75, 3.05) is 0 Å². The van der Waals surface area contributed by atoms with Crippen molar-refractivity contribution in [3.05, 3.63) is 144 Å². The first-order valence-corrected chi connectivity index (χ1v) is 17.1. The number of aromatic nitrogens is 2. The molecule has 6 rings (SSSR count). The second kappa shape index (κ2) is 15.5. The van der Waals surface area contributed by atoms with E-state index >= 15 is 0 Å². The van der Waals surface area contributed by atoms with Crippen LogP contribution in [0.5, 0.6) is 5.88 Å². The topological polar surface area (TPSA) is 151 Å². The number of nitrogens with zero attached hydrogens (tertiary/aromatic N) is 3. The quantitative estimate of drug-likeness (QED) is 0.0844. The van der Waals surface area contributed by atoms with Gasteiger partial charge in [0, 0.05) is 19.9 Å². The third-order valence-electron chi connectivity index (χ3n) is 6.65. The number of nitro benzene ring substituents is 1. The zero-order chi connectivity index (χ0) is 33.5. The number of nitrogens with one attached hydrogen (secondary N) is 2. The molecule has 240 valence electrons. The van der Waals surface area contributed by atoms with Gasteiger partial charge in [0.15, 0.2) is 5.25 Å². The first kappa shape index (κ1) is 34.0. The third kappa shape index (κ3) is 8.54. The number of thioether (sulfide) groups is 1. The minimum atomic E-state index is -1.06. The summed E-state index contributed by atoms with van der Waals surface area (Å²) in [5.41, 5.74) is 4.01. The minimum absolute atomic E-state index is 0.110. The molecule has 5 aromatic rings. The number of aromatic amines is 1. The molecule has 0 aliphatic carbocycles. The number of H-pyrrole nitrogens is 1. The molecule has 11 nitrogen and oxygen atoms in total. The summed E-state index contributed by atoms with van der Waals surface area (Å²) in [6.45, 7) is 0.632. The summed E-state index contributed by atoms with van der Waals surface area (Å²) in [6.07, 6.45) is 0. The number of hydrogen-bond donors (Lipinski definition) is 3. The summed E-state index contributed by atoms with van der Waals surface area (Å²) >= 11 is 8.80. The molecule has 1 atom stereocenters. The lowest BCUT2D eigenvalue weighted by atomic mass is 10.2. The molecule has 3 N–H and O–H groups in total. The van der Waals surface area contributed by atoms with E-state index in [4.69, 9.17) is 0 Å². The van der Waals surface area contributed by atoms with Gasteiger partial charge in [-0.25, -0.2) is 9.69 Å². The molecule has 0 saturated carbocycles. The maximum atomic E-state index is 12.5. The number of hydrogen-bond acceptors (Lipinski definition) is 8. The van der Waals surface area contributed by atoms with Gasteiger partial charge in [0.1, 0.15) is 4.90 Å². The molecule has 1 aliphatic heterocycles. The fraction of sp³-hybridized carbons (Fsp3) is 0.0938. The van der Waals surface area contributed by atoms with Gasteiger partial charge in [0.25, 0.3) is 23.1 Å². The number of carbonyl (C=O) groups excluding carboxylic acids is 2. The standard InChI is InChI=1S/C16H12BrN3O4S.C16H13BrN2O2S/c17-11-6-7-12(20(23)24)13(8-11)25-14-15(21)18-19(16(14)22)9-10-4-2-1-3-5-10;17-12-8-4-5-9-13(12)22-14-15(20)18-19(16(14)21)10-11-6-2-1-3-7-11/h1-8,14H,9H2,(H,18,21);1-9,18,20H,10H2. The van der Waals surface area contributed by atoms with Crippen LogP contribution in [-0.4, -0.2) is 41.9 Å². The smallest absolute Gasteiger partial charge is 0.284 e. The van der Waals surface area contributed by atoms with Gasteiger partial charge in [0.05, 0.1) is 22.9 Å². The van der Waals surface area contributed by atoms with Gasteiger partial charge >= 0.3 is 0 Å². The van der Waals surface area contributed by atoms with E-state index in [0.717, 1.165) is 32.3 Å². The molecule has 1 aliphatic rings. The Bertz CT molecular complexity index is 1970. The van der Waals surface area contributed by atoms with Gasteiger partial charge < -0.3 is 5.11 Å². The van der Waals surface area contributed by atoms with Gasteiger partial charge in [-0.05, 0) is 51.3 Å². The van der Waals surface area contributed by atoms with Gasteiger partial charge in [0.2, 0.25) is 5.88 Å². The van der Waals surface area contributed by atoms with Crippen molar-refractivity contribution in [2.45, 2.75) is 33.0 Å². The number of amides is 2. The lowest BCUT2D eigenvalue weighted by Gasteiger charge is -2.15. The van der Waals surface area contributed by atoms with Crippen molar-refractivity contribution >= 4 is 72.9 Å². The second-order valence-corrected chi connectivity index (χ2v) is 13.9. The van der Waals surface area contributed by atoms with Crippen molar-refractivity contribution in [3.8, 4) is 5.88 Å². The van der Waals surface area contributed by atoms with Crippen LogP contribution in [0.4, 0.5) is 5.69 Å². The second-order valence-electron chi connectivity index (χ2n) is 9.95. The first-order valence-electron chi connectivity index (χ1n) is 13.8. The molecule has 2 heterocycles. The molecule has 47 heavy (non-hydrogen) atoms. The highest BCUT2D eigenvalue weighted by atomic mass is 79.9. The summed E-state index contributed by atoms with van der Waals surface area (Å²) in [5, 5.41) is 24.1. The number of hydrazine groups is 1. The summed E-state index contributed by atoms with van der Waals surface area (Å²) < 4.78 is 2.92. The Labute approximate surface area is 293 Å². The predicted molar refractivity (Wildman–Crippen MR) is 186 cm³/mol. The highest BCUT2D eigenvalue weighted by Crippen LogP contribution is 2.37. The van der Waals surface area contributed by atoms with Gasteiger partial charge in [-0.15, -0.1) is 0 Å². The SMILES string of the molecule is O=C1NN(Cc2ccccc2)C(=O)C1Sc1cc(Br)ccc1[N+](=O)[O-].O=c1c(Sc2ccccc2Br)c(O)[nH]n1Cc1ccccc1. The fourth-order valence-electron chi connectivity index (χ4n) is 4.41. The Kier molecular flexibility index (Phi) is 11.2. The van der Waals surface area contributed by atoms with E-state index < -0.39 is 22.0 Å². The largest absolute Gasteiger partial charge is 0.493 e. The number of benzene rings is 4. The number of halogens is 2. The van der Waals surface area contributed by atoms with Gasteiger partial charge in [-0.2, -0.15) is 0 Å². The molecule has 1 unspecified atom stereocenters. The molecule has 15 heteroatoms. The van der Waals surface area contributed by atoms with Crippen molar-refractivity contribution in [2.24, 2.45) is 0 Å². The van der Waals surface area contributed by atoms with Crippen LogP contribution in [0.25, 0.3) is 0 Å². The Balaban J connectivity index is 0.000000186. The summed E-state index contributed by atoms with van der Waals surface area (Å²) in [7, 11) is 0. The minimum Gasteiger partial charge on any atom is -0.493 e. The van der Waals surface area contributed by atoms with Crippen LogP contribution in [0, 0.1) is 10.1 Å². The van der Waals surface area contributed by atoms with Crippen LogP contribution in [0.2, 0.25) is 0 Å². The van der Waals surface area contributed by atoms with Crippen LogP contribution in [-0.2, 0) is 22.7 Å². The number of aromatic hydroxyl groups is 1. The van der Waals surface area contributed by atoms with E-state index in [1.54, 1.807) is 6.07 Å². The Hall–Kier alpha value is -4.31. The average molecular weight is 800 g/mol. The molecular formula is C32H25Br2N5O6S2. The molecule has 0 bridgehead atoms. The number of carbonyl (C=O) groups is 2. The Morgan fingerprint density at radius 3 is 2.09 bits per heavy atom. The van der Waals surface area contributed by atoms with E-state index in [-0.39, 0.29) is 28.6 Å². The van der Waals surface area contributed by atoms with E-state index in [2.05, 4.69) is 42.4 Å². The van der Waals surface area contributed by atoms with Crippen molar-refractivity contribution in [1.29, 1.82) is 0 Å². The van der Waals surface area contributed by atoms with E-state index in [0.29, 0.717) is 15.9 Å². The van der Waals surface area contributed by atoms with Crippen molar-refractivity contribution < 1.29 is 19.6 Å². The normalized spacial score (nSPS) is 14.0. The molecule has 1 saturated heterocycles. The van der Waals surface area contributed by atoms with E-state index in [9.17, 15) is 29.6 Å². The van der Waals surface area contributed by atoms with Crippen molar-refractivity contribution in [3.63, 3.8) is 0 Å². The van der Waals surface area contributed by atoms with Crippen molar-refractivity contribution in [1.82, 2.24) is 20.2 Å². The third-order valence-corrected chi connectivity index (χ3v) is 10.5. The number of nitro groups is 1. The summed E-state index contributed by atoms with van der Waals surface area (Å²) in [6, 6.07) is 30.9. The van der Waals surface area contributed by atoms with E-state index in [1.807, 2.05) is 84.9 Å². The predicted octanol–water partition coefficient (Wildman–Crippen LogP) is 6.74.